The van der Waals surface area contributed by atoms with Crippen LogP contribution in [0.5, 0.6) is 0 Å². The van der Waals surface area contributed by atoms with Gasteiger partial charge in [-0.25, -0.2) is 0 Å². The standard InChI is InChI=1S/C29H46O2/c1-7-20(18(2)3)9-8-19(4)23-10-11-24-22-16-26-29(31-26)17-21(30)12-15-28(29,6)25(22)13-14-27(23,24)5/h8-9,16,18-21,23-26,30H,7,10-15,17H2,1-6H3/t19-,20+,21+,23-,24+,25+,26+,27-,28-,29+/m1/s1. The van der Waals surface area contributed by atoms with Crippen molar-refractivity contribution in [1.82, 2.24) is 0 Å². The molecule has 5 rings (SSSR count). The molecule has 0 radical (unpaired) electrons. The topological polar surface area (TPSA) is 32.8 Å². The second-order valence-corrected chi connectivity index (χ2v) is 12.8. The van der Waals surface area contributed by atoms with Gasteiger partial charge in [-0.1, -0.05) is 65.3 Å². The Morgan fingerprint density at radius 2 is 1.84 bits per heavy atom. The molecule has 3 saturated carbocycles. The molecule has 174 valence electrons. The normalized spacial score (nSPS) is 50.3. The van der Waals surface area contributed by atoms with Gasteiger partial charge in [0.05, 0.1) is 6.10 Å². The first-order valence-corrected chi connectivity index (χ1v) is 13.4. The molecule has 31 heavy (non-hydrogen) atoms. The molecule has 1 saturated heterocycles. The molecule has 2 heteroatoms. The fourth-order valence-corrected chi connectivity index (χ4v) is 9.09. The molecule has 0 aromatic heterocycles. The van der Waals surface area contributed by atoms with E-state index in [-0.39, 0.29) is 23.2 Å². The predicted molar refractivity (Wildman–Crippen MR) is 128 cm³/mol. The third kappa shape index (κ3) is 3.10. The summed E-state index contributed by atoms with van der Waals surface area (Å²) < 4.78 is 6.44. The van der Waals surface area contributed by atoms with Crippen LogP contribution >= 0.6 is 0 Å². The Bertz CT molecular complexity index is 767. The lowest BCUT2D eigenvalue weighted by Crippen LogP contribution is -2.55. The Morgan fingerprint density at radius 3 is 2.55 bits per heavy atom. The summed E-state index contributed by atoms with van der Waals surface area (Å²) >= 11 is 0. The number of aliphatic hydroxyl groups is 1. The fourth-order valence-electron chi connectivity index (χ4n) is 9.09. The average molecular weight is 427 g/mol. The average Bonchev–Trinajstić information content (AvgIpc) is 3.29. The van der Waals surface area contributed by atoms with E-state index in [1.165, 1.54) is 32.1 Å². The molecule has 2 nitrogen and oxygen atoms in total. The molecule has 4 aliphatic carbocycles. The van der Waals surface area contributed by atoms with Gasteiger partial charge in [0.15, 0.2) is 0 Å². The number of hydrogen-bond acceptors (Lipinski definition) is 2. The molecule has 1 spiro atoms. The zero-order chi connectivity index (χ0) is 22.2. The molecule has 10 atom stereocenters. The monoisotopic (exact) mass is 426 g/mol. The second-order valence-electron chi connectivity index (χ2n) is 12.8. The van der Waals surface area contributed by atoms with Gasteiger partial charge in [-0.15, -0.1) is 0 Å². The highest BCUT2D eigenvalue weighted by molar-refractivity contribution is 5.38. The number of fused-ring (bicyclic) bond motifs is 4. The minimum absolute atomic E-state index is 0.0490. The van der Waals surface area contributed by atoms with Crippen molar-refractivity contribution in [2.45, 2.75) is 111 Å². The third-order valence-corrected chi connectivity index (χ3v) is 11.2. The summed E-state index contributed by atoms with van der Waals surface area (Å²) in [6.45, 7) is 14.7. The SMILES string of the molecule is CC[C@@H](C=C[C@@H](C)[C@H]1CC[C@H]2C3=C[C@@H]4O[C@@]45C[C@@H](O)CC[C@]5(C)[C@H]3CC[C@]12C)C(C)C. The van der Waals surface area contributed by atoms with Gasteiger partial charge < -0.3 is 9.84 Å². The van der Waals surface area contributed by atoms with Crippen LogP contribution in [-0.2, 0) is 4.74 Å². The minimum atomic E-state index is -0.164. The molecule has 1 aliphatic heterocycles. The zero-order valence-electron chi connectivity index (χ0n) is 20.9. The van der Waals surface area contributed by atoms with Gasteiger partial charge in [0.2, 0.25) is 0 Å². The molecular weight excluding hydrogens is 380 g/mol. The molecule has 0 aromatic rings. The van der Waals surface area contributed by atoms with Crippen molar-refractivity contribution in [3.05, 3.63) is 23.8 Å². The van der Waals surface area contributed by atoms with E-state index in [1.54, 1.807) is 5.57 Å². The molecule has 0 amide bonds. The molecular formula is C29H46O2. The van der Waals surface area contributed by atoms with Gasteiger partial charge >= 0.3 is 0 Å². The van der Waals surface area contributed by atoms with Crippen LogP contribution in [0, 0.1) is 46.3 Å². The molecule has 1 heterocycles. The van der Waals surface area contributed by atoms with Crippen LogP contribution < -0.4 is 0 Å². The highest BCUT2D eigenvalue weighted by Crippen LogP contribution is 2.72. The number of allylic oxidation sites excluding steroid dienone is 3. The summed E-state index contributed by atoms with van der Waals surface area (Å²) in [5, 5.41) is 10.4. The van der Waals surface area contributed by atoms with E-state index in [2.05, 4.69) is 59.8 Å². The first-order chi connectivity index (χ1) is 14.7. The summed E-state index contributed by atoms with van der Waals surface area (Å²) in [7, 11) is 0. The van der Waals surface area contributed by atoms with E-state index in [9.17, 15) is 5.11 Å². The van der Waals surface area contributed by atoms with Crippen molar-refractivity contribution in [3.8, 4) is 0 Å². The summed E-state index contributed by atoms with van der Waals surface area (Å²) in [4.78, 5) is 0. The lowest BCUT2D eigenvalue weighted by Gasteiger charge is -2.56. The Kier molecular flexibility index (Phi) is 5.34. The van der Waals surface area contributed by atoms with Crippen LogP contribution in [0.3, 0.4) is 0 Å². The van der Waals surface area contributed by atoms with Crippen LogP contribution in [0.2, 0.25) is 0 Å². The highest BCUT2D eigenvalue weighted by Gasteiger charge is 2.73. The zero-order valence-corrected chi connectivity index (χ0v) is 20.9. The van der Waals surface area contributed by atoms with Gasteiger partial charge in [-0.3, -0.25) is 0 Å². The third-order valence-electron chi connectivity index (χ3n) is 11.2. The first-order valence-electron chi connectivity index (χ1n) is 13.4. The van der Waals surface area contributed by atoms with Gasteiger partial charge in [-0.05, 0) is 85.9 Å². The predicted octanol–water partition coefficient (Wildman–Crippen LogP) is 6.93. The molecule has 5 aliphatic rings. The molecule has 0 aromatic carbocycles. The number of aliphatic hydroxyl groups excluding tert-OH is 1. The van der Waals surface area contributed by atoms with Crippen molar-refractivity contribution in [1.29, 1.82) is 0 Å². The van der Waals surface area contributed by atoms with Crippen LogP contribution in [0.1, 0.15) is 92.9 Å². The highest BCUT2D eigenvalue weighted by atomic mass is 16.6. The van der Waals surface area contributed by atoms with Gasteiger partial charge in [0.1, 0.15) is 11.7 Å². The Labute approximate surface area is 190 Å². The van der Waals surface area contributed by atoms with E-state index in [0.717, 1.165) is 37.0 Å². The van der Waals surface area contributed by atoms with Crippen LogP contribution in [-0.4, -0.2) is 22.9 Å². The summed E-state index contributed by atoms with van der Waals surface area (Å²) in [5.41, 5.74) is 2.38. The van der Waals surface area contributed by atoms with E-state index < -0.39 is 0 Å². The first kappa shape index (κ1) is 22.2. The lowest BCUT2D eigenvalue weighted by atomic mass is 9.47. The quantitative estimate of drug-likeness (QED) is 0.382. The molecule has 1 N–H and O–H groups in total. The fraction of sp³-hybridized carbons (Fsp3) is 0.862. The maximum Gasteiger partial charge on any atom is 0.107 e. The van der Waals surface area contributed by atoms with Crippen molar-refractivity contribution in [2.24, 2.45) is 46.3 Å². The van der Waals surface area contributed by atoms with Crippen LogP contribution in [0.15, 0.2) is 23.8 Å². The summed E-state index contributed by atoms with van der Waals surface area (Å²) in [5.74, 6) is 4.33. The minimum Gasteiger partial charge on any atom is -0.393 e. The molecule has 0 unspecified atom stereocenters. The van der Waals surface area contributed by atoms with Crippen molar-refractivity contribution < 1.29 is 9.84 Å². The van der Waals surface area contributed by atoms with Gasteiger partial charge in [0, 0.05) is 11.8 Å². The van der Waals surface area contributed by atoms with Gasteiger partial charge in [-0.2, -0.15) is 0 Å². The number of ether oxygens (including phenoxy) is 1. The molecule has 0 bridgehead atoms. The van der Waals surface area contributed by atoms with Crippen LogP contribution in [0.4, 0.5) is 0 Å². The number of epoxide rings is 1. The Morgan fingerprint density at radius 1 is 1.06 bits per heavy atom. The maximum atomic E-state index is 10.4. The van der Waals surface area contributed by atoms with E-state index in [4.69, 9.17) is 4.74 Å². The largest absolute Gasteiger partial charge is 0.393 e. The maximum absolute atomic E-state index is 10.4. The smallest absolute Gasteiger partial charge is 0.107 e. The van der Waals surface area contributed by atoms with Gasteiger partial charge in [0.25, 0.3) is 0 Å². The molecule has 4 fully saturated rings. The summed E-state index contributed by atoms with van der Waals surface area (Å²) in [6.07, 6.45) is 17.4. The second kappa shape index (κ2) is 7.45. The summed E-state index contributed by atoms with van der Waals surface area (Å²) in [6, 6.07) is 0. The number of rotatable bonds is 5. The Balaban J connectivity index is 1.39. The Hall–Kier alpha value is -0.600. The van der Waals surface area contributed by atoms with E-state index in [1.807, 2.05) is 0 Å². The lowest BCUT2D eigenvalue weighted by molar-refractivity contribution is -0.0527. The van der Waals surface area contributed by atoms with E-state index in [0.29, 0.717) is 23.2 Å². The van der Waals surface area contributed by atoms with Crippen molar-refractivity contribution >= 4 is 0 Å². The van der Waals surface area contributed by atoms with E-state index >= 15 is 0 Å². The number of hydrogen-bond donors (Lipinski definition) is 1. The van der Waals surface area contributed by atoms with Crippen LogP contribution in [0.25, 0.3) is 0 Å². The van der Waals surface area contributed by atoms with Crippen molar-refractivity contribution in [2.75, 3.05) is 0 Å². The van der Waals surface area contributed by atoms with Crippen molar-refractivity contribution in [3.63, 3.8) is 0 Å².